The van der Waals surface area contributed by atoms with Gasteiger partial charge in [-0.25, -0.2) is 0 Å². The molecule has 1 heterocycles. The van der Waals surface area contributed by atoms with Crippen molar-refractivity contribution >= 4 is 29.3 Å². The van der Waals surface area contributed by atoms with Gasteiger partial charge in [0, 0.05) is 10.4 Å². The van der Waals surface area contributed by atoms with E-state index in [1.807, 2.05) is 25.1 Å². The minimum atomic E-state index is -0.169. The van der Waals surface area contributed by atoms with E-state index in [0.29, 0.717) is 10.7 Å². The number of amides is 1. The number of halogens is 1. The van der Waals surface area contributed by atoms with Crippen molar-refractivity contribution in [3.8, 4) is 12.3 Å². The molecule has 0 fully saturated rings. The fourth-order valence-corrected chi connectivity index (χ4v) is 2.60. The number of carbonyl (C=O) groups is 1. The van der Waals surface area contributed by atoms with Crippen LogP contribution < -0.4 is 10.6 Å². The summed E-state index contributed by atoms with van der Waals surface area (Å²) in [5, 5.41) is 8.09. The summed E-state index contributed by atoms with van der Waals surface area (Å²) in [6.07, 6.45) is 5.29. The number of nitrogens with one attached hydrogen (secondary N) is 2. The Morgan fingerprint density at radius 1 is 1.63 bits per heavy atom. The van der Waals surface area contributed by atoms with Gasteiger partial charge in [-0.1, -0.05) is 41.4 Å². The standard InChI is InChI=1S/C14H13ClN2OS/c1-3-13-17-12(8-19-13)14(18)16-9(2)10-5-4-6-11(15)7-10/h1,4-9,13,17H,2H3,(H,16,18). The summed E-state index contributed by atoms with van der Waals surface area (Å²) in [7, 11) is 0. The molecule has 5 heteroatoms. The molecule has 2 atom stereocenters. The molecule has 0 aliphatic carbocycles. The number of hydrogen-bond donors (Lipinski definition) is 2. The summed E-state index contributed by atoms with van der Waals surface area (Å²) in [4.78, 5) is 12.0. The van der Waals surface area contributed by atoms with Crippen molar-refractivity contribution in [2.24, 2.45) is 0 Å². The first-order chi connectivity index (χ1) is 9.10. The van der Waals surface area contributed by atoms with Crippen LogP contribution in [0.1, 0.15) is 18.5 Å². The molecule has 1 amide bonds. The second-order valence-electron chi connectivity index (χ2n) is 4.11. The van der Waals surface area contributed by atoms with Crippen LogP contribution in [-0.4, -0.2) is 11.3 Å². The zero-order valence-corrected chi connectivity index (χ0v) is 11.9. The molecule has 1 aliphatic heterocycles. The van der Waals surface area contributed by atoms with Gasteiger partial charge in [0.25, 0.3) is 5.91 Å². The summed E-state index contributed by atoms with van der Waals surface area (Å²) in [6, 6.07) is 7.30. The van der Waals surface area contributed by atoms with E-state index in [4.69, 9.17) is 18.0 Å². The summed E-state index contributed by atoms with van der Waals surface area (Å²) in [5.74, 6) is 2.37. The lowest BCUT2D eigenvalue weighted by molar-refractivity contribution is -0.118. The molecule has 0 bridgehead atoms. The van der Waals surface area contributed by atoms with Gasteiger partial charge in [-0.2, -0.15) is 0 Å². The van der Waals surface area contributed by atoms with Gasteiger partial charge in [0.05, 0.1) is 6.04 Å². The maximum absolute atomic E-state index is 12.0. The number of thioether (sulfide) groups is 1. The number of hydrogen-bond acceptors (Lipinski definition) is 3. The predicted molar refractivity (Wildman–Crippen MR) is 79.4 cm³/mol. The van der Waals surface area contributed by atoms with Crippen LogP contribution in [0.25, 0.3) is 0 Å². The Bertz CT molecular complexity index is 565. The second-order valence-corrected chi connectivity index (χ2v) is 5.52. The quantitative estimate of drug-likeness (QED) is 0.842. The van der Waals surface area contributed by atoms with Crippen molar-refractivity contribution in [3.63, 3.8) is 0 Å². The molecule has 1 aromatic rings. The Kier molecular flexibility index (Phi) is 4.41. The number of terminal acetylenes is 1. The van der Waals surface area contributed by atoms with E-state index in [1.54, 1.807) is 11.5 Å². The molecule has 0 radical (unpaired) electrons. The zero-order chi connectivity index (χ0) is 13.8. The molecule has 98 valence electrons. The lowest BCUT2D eigenvalue weighted by Crippen LogP contribution is -2.33. The first kappa shape index (κ1) is 13.9. The molecule has 1 aliphatic rings. The highest BCUT2D eigenvalue weighted by Gasteiger charge is 2.21. The van der Waals surface area contributed by atoms with Gasteiger partial charge >= 0.3 is 0 Å². The van der Waals surface area contributed by atoms with Crippen molar-refractivity contribution in [1.29, 1.82) is 0 Å². The summed E-state index contributed by atoms with van der Waals surface area (Å²) in [5.41, 5.74) is 1.46. The third-order valence-electron chi connectivity index (χ3n) is 2.70. The van der Waals surface area contributed by atoms with E-state index in [-0.39, 0.29) is 17.3 Å². The lowest BCUT2D eigenvalue weighted by Gasteiger charge is -2.15. The minimum Gasteiger partial charge on any atom is -0.358 e. The molecule has 0 spiro atoms. The second kappa shape index (κ2) is 6.05. The van der Waals surface area contributed by atoms with E-state index >= 15 is 0 Å². The van der Waals surface area contributed by atoms with Crippen molar-refractivity contribution < 1.29 is 4.79 Å². The summed E-state index contributed by atoms with van der Waals surface area (Å²) >= 11 is 7.34. The van der Waals surface area contributed by atoms with Crippen LogP contribution in [0, 0.1) is 12.3 Å². The number of rotatable bonds is 3. The van der Waals surface area contributed by atoms with Crippen LogP contribution in [0.2, 0.25) is 5.02 Å². The molecule has 2 rings (SSSR count). The average molecular weight is 293 g/mol. The van der Waals surface area contributed by atoms with E-state index in [9.17, 15) is 4.79 Å². The van der Waals surface area contributed by atoms with Gasteiger partial charge in [0.2, 0.25) is 0 Å². The highest BCUT2D eigenvalue weighted by Crippen LogP contribution is 2.21. The first-order valence-corrected chi connectivity index (χ1v) is 7.07. The average Bonchev–Trinajstić information content (AvgIpc) is 2.87. The maximum atomic E-state index is 12.0. The zero-order valence-electron chi connectivity index (χ0n) is 10.3. The predicted octanol–water partition coefficient (Wildman–Crippen LogP) is 2.65. The number of carbonyl (C=O) groups excluding carboxylic acids is 1. The Morgan fingerprint density at radius 3 is 3.05 bits per heavy atom. The molecular weight excluding hydrogens is 280 g/mol. The van der Waals surface area contributed by atoms with Crippen LogP contribution in [0.3, 0.4) is 0 Å². The molecule has 0 aromatic heterocycles. The monoisotopic (exact) mass is 292 g/mol. The van der Waals surface area contributed by atoms with Crippen LogP contribution in [0.5, 0.6) is 0 Å². The third-order valence-corrected chi connectivity index (χ3v) is 3.83. The van der Waals surface area contributed by atoms with Crippen molar-refractivity contribution in [3.05, 3.63) is 46.0 Å². The molecule has 0 saturated heterocycles. The molecule has 19 heavy (non-hydrogen) atoms. The van der Waals surface area contributed by atoms with E-state index in [1.165, 1.54) is 11.8 Å². The highest BCUT2D eigenvalue weighted by molar-refractivity contribution is 8.03. The fourth-order valence-electron chi connectivity index (χ4n) is 1.68. The van der Waals surface area contributed by atoms with Crippen LogP contribution in [0.4, 0.5) is 0 Å². The fraction of sp³-hybridized carbons (Fsp3) is 0.214. The van der Waals surface area contributed by atoms with E-state index < -0.39 is 0 Å². The largest absolute Gasteiger partial charge is 0.358 e. The van der Waals surface area contributed by atoms with Crippen LogP contribution >= 0.6 is 23.4 Å². The Labute approximate surface area is 121 Å². The van der Waals surface area contributed by atoms with Gasteiger partial charge in [-0.05, 0) is 24.6 Å². The first-order valence-electron chi connectivity index (χ1n) is 5.75. The van der Waals surface area contributed by atoms with Crippen LogP contribution in [-0.2, 0) is 4.79 Å². The summed E-state index contributed by atoms with van der Waals surface area (Å²) < 4.78 is 0. The minimum absolute atomic E-state index is 0.121. The van der Waals surface area contributed by atoms with Gasteiger partial charge in [0.15, 0.2) is 0 Å². The van der Waals surface area contributed by atoms with Crippen molar-refractivity contribution in [2.75, 3.05) is 0 Å². The third kappa shape index (κ3) is 3.46. The van der Waals surface area contributed by atoms with E-state index in [2.05, 4.69) is 16.6 Å². The molecule has 1 aromatic carbocycles. The molecule has 0 saturated carbocycles. The smallest absolute Gasteiger partial charge is 0.268 e. The molecule has 2 unspecified atom stereocenters. The normalized spacial score (nSPS) is 19.0. The van der Waals surface area contributed by atoms with Crippen molar-refractivity contribution in [1.82, 2.24) is 10.6 Å². The highest BCUT2D eigenvalue weighted by atomic mass is 35.5. The van der Waals surface area contributed by atoms with E-state index in [0.717, 1.165) is 5.56 Å². The van der Waals surface area contributed by atoms with Crippen LogP contribution in [0.15, 0.2) is 35.4 Å². The SMILES string of the molecule is C#CC1NC(C(=O)NC(C)c2cccc(Cl)c2)=CS1. The lowest BCUT2D eigenvalue weighted by atomic mass is 10.1. The Balaban J connectivity index is 1.98. The Hall–Kier alpha value is -1.57. The van der Waals surface area contributed by atoms with Crippen molar-refractivity contribution in [2.45, 2.75) is 18.3 Å². The molecular formula is C14H13ClN2OS. The van der Waals surface area contributed by atoms with Gasteiger partial charge in [-0.15, -0.1) is 6.42 Å². The van der Waals surface area contributed by atoms with Gasteiger partial charge in [-0.3, -0.25) is 4.79 Å². The van der Waals surface area contributed by atoms with Gasteiger partial charge < -0.3 is 10.6 Å². The molecule has 3 nitrogen and oxygen atoms in total. The Morgan fingerprint density at radius 2 is 2.42 bits per heavy atom. The van der Waals surface area contributed by atoms with Gasteiger partial charge in [0.1, 0.15) is 11.1 Å². The topological polar surface area (TPSA) is 41.1 Å². The number of benzene rings is 1. The summed E-state index contributed by atoms with van der Waals surface area (Å²) in [6.45, 7) is 1.91. The molecule has 2 N–H and O–H groups in total. The maximum Gasteiger partial charge on any atom is 0.268 e.